The fraction of sp³-hybridized carbons (Fsp3) is 0.571. The molecule has 1 aliphatic heterocycles. The van der Waals surface area contributed by atoms with E-state index in [9.17, 15) is 0 Å². The molecule has 0 spiro atoms. The lowest BCUT2D eigenvalue weighted by atomic mass is 9.99. The van der Waals surface area contributed by atoms with E-state index in [0.29, 0.717) is 0 Å². The molecule has 0 bridgehead atoms. The third-order valence-electron chi connectivity index (χ3n) is 3.57. The first-order valence-corrected chi connectivity index (χ1v) is 6.34. The minimum absolute atomic E-state index is 0.811. The summed E-state index contributed by atoms with van der Waals surface area (Å²) in [4.78, 5) is 2.48. The molecular formula is C14H22N2O. The summed E-state index contributed by atoms with van der Waals surface area (Å²) in [6, 6.07) is 5.87. The number of nitrogens with zero attached hydrogens (tertiary/aromatic N) is 1. The smallest absolute Gasteiger partial charge is 0.123 e. The van der Waals surface area contributed by atoms with Crippen LogP contribution in [0.3, 0.4) is 0 Å². The minimum atomic E-state index is 0.811. The van der Waals surface area contributed by atoms with Crippen molar-refractivity contribution >= 4 is 5.69 Å². The Morgan fingerprint density at radius 2 is 2.06 bits per heavy atom. The van der Waals surface area contributed by atoms with Crippen LogP contribution in [0, 0.1) is 5.92 Å². The van der Waals surface area contributed by atoms with Gasteiger partial charge in [0.05, 0.1) is 7.11 Å². The number of benzene rings is 1. The molecule has 1 aromatic carbocycles. The summed E-state index contributed by atoms with van der Waals surface area (Å²) in [7, 11) is 1.72. The van der Waals surface area contributed by atoms with Gasteiger partial charge < -0.3 is 10.5 Å². The molecule has 0 radical (unpaired) electrons. The van der Waals surface area contributed by atoms with Crippen LogP contribution in [-0.2, 0) is 6.54 Å². The first kappa shape index (κ1) is 12.2. The van der Waals surface area contributed by atoms with Gasteiger partial charge in [0.25, 0.3) is 0 Å². The van der Waals surface area contributed by atoms with Gasteiger partial charge in [0.1, 0.15) is 5.75 Å². The van der Waals surface area contributed by atoms with E-state index in [1.165, 1.54) is 31.5 Å². The van der Waals surface area contributed by atoms with Gasteiger partial charge in [-0.15, -0.1) is 0 Å². The van der Waals surface area contributed by atoms with Gasteiger partial charge in [0.15, 0.2) is 0 Å². The Balaban J connectivity index is 2.04. The number of hydrogen-bond donors (Lipinski definition) is 1. The molecular weight excluding hydrogens is 212 g/mol. The normalized spacial score (nSPS) is 18.2. The second-order valence-electron chi connectivity index (χ2n) is 5.03. The summed E-state index contributed by atoms with van der Waals surface area (Å²) in [5, 5.41) is 0. The third kappa shape index (κ3) is 3.13. The van der Waals surface area contributed by atoms with Crippen molar-refractivity contribution < 1.29 is 4.74 Å². The monoisotopic (exact) mass is 234 g/mol. The number of ether oxygens (including phenoxy) is 1. The van der Waals surface area contributed by atoms with Crippen LogP contribution in [-0.4, -0.2) is 25.1 Å². The highest BCUT2D eigenvalue weighted by atomic mass is 16.5. The van der Waals surface area contributed by atoms with E-state index < -0.39 is 0 Å². The van der Waals surface area contributed by atoms with E-state index in [1.807, 2.05) is 18.2 Å². The van der Waals surface area contributed by atoms with Crippen molar-refractivity contribution in [1.82, 2.24) is 4.90 Å². The number of rotatable bonds is 3. The quantitative estimate of drug-likeness (QED) is 0.817. The Kier molecular flexibility index (Phi) is 3.89. The van der Waals surface area contributed by atoms with Gasteiger partial charge in [0.2, 0.25) is 0 Å². The van der Waals surface area contributed by atoms with Crippen LogP contribution in [0.5, 0.6) is 5.75 Å². The lowest BCUT2D eigenvalue weighted by Crippen LogP contribution is -2.32. The molecule has 2 N–H and O–H groups in total. The van der Waals surface area contributed by atoms with Crippen LogP contribution in [0.2, 0.25) is 0 Å². The van der Waals surface area contributed by atoms with E-state index in [4.69, 9.17) is 10.5 Å². The minimum Gasteiger partial charge on any atom is -0.496 e. The van der Waals surface area contributed by atoms with Gasteiger partial charge in [-0.1, -0.05) is 6.92 Å². The van der Waals surface area contributed by atoms with Crippen LogP contribution in [0.4, 0.5) is 5.69 Å². The van der Waals surface area contributed by atoms with Gasteiger partial charge in [-0.3, -0.25) is 4.90 Å². The Morgan fingerprint density at radius 1 is 1.35 bits per heavy atom. The second-order valence-corrected chi connectivity index (χ2v) is 5.03. The molecule has 1 heterocycles. The molecule has 3 heteroatoms. The Hall–Kier alpha value is -1.22. The van der Waals surface area contributed by atoms with E-state index in [0.717, 1.165) is 23.9 Å². The zero-order chi connectivity index (χ0) is 12.3. The summed E-state index contributed by atoms with van der Waals surface area (Å²) in [6.07, 6.45) is 2.59. The maximum Gasteiger partial charge on any atom is 0.123 e. The second kappa shape index (κ2) is 5.41. The van der Waals surface area contributed by atoms with Gasteiger partial charge in [-0.05, 0) is 50.0 Å². The Bertz CT molecular complexity index is 370. The molecule has 0 unspecified atom stereocenters. The molecule has 17 heavy (non-hydrogen) atoms. The lowest BCUT2D eigenvalue weighted by molar-refractivity contribution is 0.183. The van der Waals surface area contributed by atoms with Crippen molar-refractivity contribution in [2.45, 2.75) is 26.3 Å². The van der Waals surface area contributed by atoms with Crippen LogP contribution in [0.1, 0.15) is 25.3 Å². The first-order chi connectivity index (χ1) is 8.19. The maximum absolute atomic E-state index is 5.84. The van der Waals surface area contributed by atoms with Gasteiger partial charge >= 0.3 is 0 Å². The molecule has 2 rings (SSSR count). The Labute approximate surface area is 104 Å². The highest BCUT2D eigenvalue weighted by molar-refractivity contribution is 5.47. The van der Waals surface area contributed by atoms with Gasteiger partial charge in [-0.25, -0.2) is 0 Å². The fourth-order valence-electron chi connectivity index (χ4n) is 2.38. The molecule has 1 fully saturated rings. The van der Waals surface area contributed by atoms with E-state index in [2.05, 4.69) is 11.8 Å². The number of hydrogen-bond acceptors (Lipinski definition) is 3. The average Bonchev–Trinajstić information content (AvgIpc) is 2.32. The molecule has 0 aromatic heterocycles. The van der Waals surface area contributed by atoms with E-state index in [-0.39, 0.29) is 0 Å². The van der Waals surface area contributed by atoms with Crippen molar-refractivity contribution in [1.29, 1.82) is 0 Å². The highest BCUT2D eigenvalue weighted by Crippen LogP contribution is 2.25. The fourth-order valence-corrected chi connectivity index (χ4v) is 2.38. The highest BCUT2D eigenvalue weighted by Gasteiger charge is 2.17. The number of piperidine rings is 1. The molecule has 0 saturated carbocycles. The number of anilines is 1. The van der Waals surface area contributed by atoms with Gasteiger partial charge in [-0.2, -0.15) is 0 Å². The Morgan fingerprint density at radius 3 is 2.71 bits per heavy atom. The first-order valence-electron chi connectivity index (χ1n) is 6.34. The summed E-state index contributed by atoms with van der Waals surface area (Å²) in [6.45, 7) is 5.64. The van der Waals surface area contributed by atoms with Gasteiger partial charge in [0, 0.05) is 17.8 Å². The maximum atomic E-state index is 5.84. The molecule has 94 valence electrons. The van der Waals surface area contributed by atoms with Crippen LogP contribution in [0.15, 0.2) is 18.2 Å². The van der Waals surface area contributed by atoms with Crippen LogP contribution >= 0.6 is 0 Å². The standard InChI is InChI=1S/C14H22N2O/c1-11-5-7-16(8-6-11)10-12-9-13(15)3-4-14(12)17-2/h3-4,9,11H,5-8,10,15H2,1-2H3. The summed E-state index contributed by atoms with van der Waals surface area (Å²) in [5.41, 5.74) is 7.84. The predicted octanol–water partition coefficient (Wildman–Crippen LogP) is 2.51. The number of nitrogen functional groups attached to an aromatic ring is 1. The summed E-state index contributed by atoms with van der Waals surface area (Å²) < 4.78 is 5.38. The number of methoxy groups -OCH3 is 1. The SMILES string of the molecule is COc1ccc(N)cc1CN1CCC(C)CC1. The average molecular weight is 234 g/mol. The molecule has 1 saturated heterocycles. The van der Waals surface area contributed by atoms with Crippen molar-refractivity contribution in [2.75, 3.05) is 25.9 Å². The molecule has 0 amide bonds. The third-order valence-corrected chi connectivity index (χ3v) is 3.57. The molecule has 0 atom stereocenters. The summed E-state index contributed by atoms with van der Waals surface area (Å²) in [5.74, 6) is 1.81. The van der Waals surface area contributed by atoms with Crippen molar-refractivity contribution in [3.8, 4) is 5.75 Å². The lowest BCUT2D eigenvalue weighted by Gasteiger charge is -2.30. The summed E-state index contributed by atoms with van der Waals surface area (Å²) >= 11 is 0. The van der Waals surface area contributed by atoms with Crippen molar-refractivity contribution in [3.63, 3.8) is 0 Å². The predicted molar refractivity (Wildman–Crippen MR) is 71.1 cm³/mol. The zero-order valence-electron chi connectivity index (χ0n) is 10.8. The molecule has 1 aromatic rings. The molecule has 3 nitrogen and oxygen atoms in total. The topological polar surface area (TPSA) is 38.5 Å². The zero-order valence-corrected chi connectivity index (χ0v) is 10.8. The van der Waals surface area contributed by atoms with Crippen LogP contribution in [0.25, 0.3) is 0 Å². The number of likely N-dealkylation sites (tertiary alicyclic amines) is 1. The van der Waals surface area contributed by atoms with Crippen LogP contribution < -0.4 is 10.5 Å². The van der Waals surface area contributed by atoms with Crippen molar-refractivity contribution in [3.05, 3.63) is 23.8 Å². The largest absolute Gasteiger partial charge is 0.496 e. The van der Waals surface area contributed by atoms with Crippen molar-refractivity contribution in [2.24, 2.45) is 5.92 Å². The molecule has 1 aliphatic rings. The van der Waals surface area contributed by atoms with E-state index >= 15 is 0 Å². The molecule has 0 aliphatic carbocycles. The van der Waals surface area contributed by atoms with E-state index in [1.54, 1.807) is 7.11 Å². The number of nitrogens with two attached hydrogens (primary N) is 1.